The van der Waals surface area contributed by atoms with Crippen molar-refractivity contribution < 1.29 is 57.2 Å². The van der Waals surface area contributed by atoms with Crippen LogP contribution in [0.2, 0.25) is 0 Å². The maximum atomic E-state index is 14.4. The molecule has 1 aromatic heterocycles. The number of ketones is 1. The zero-order valence-corrected chi connectivity index (χ0v) is 31.9. The lowest BCUT2D eigenvalue weighted by molar-refractivity contribution is -0.297. The van der Waals surface area contributed by atoms with Gasteiger partial charge in [0.1, 0.15) is 23.9 Å². The number of epoxide rings is 1. The van der Waals surface area contributed by atoms with Gasteiger partial charge in [0.15, 0.2) is 11.9 Å². The summed E-state index contributed by atoms with van der Waals surface area (Å²) in [4.78, 5) is 66.7. The Hall–Kier alpha value is -3.51. The van der Waals surface area contributed by atoms with Crippen molar-refractivity contribution in [3.05, 3.63) is 36.3 Å². The van der Waals surface area contributed by atoms with Crippen LogP contribution in [0, 0.1) is 45.3 Å². The second-order valence-electron chi connectivity index (χ2n) is 17.4. The van der Waals surface area contributed by atoms with E-state index in [4.69, 9.17) is 28.1 Å². The lowest BCUT2D eigenvalue weighted by Gasteiger charge is -2.70. The van der Waals surface area contributed by atoms with Gasteiger partial charge < -0.3 is 33.2 Å². The van der Waals surface area contributed by atoms with E-state index in [0.717, 1.165) is 5.56 Å². The van der Waals surface area contributed by atoms with Gasteiger partial charge in [-0.1, -0.05) is 68.4 Å². The van der Waals surface area contributed by atoms with E-state index >= 15 is 0 Å². The molecule has 4 aliphatic carbocycles. The maximum absolute atomic E-state index is 14.4. The zero-order chi connectivity index (χ0) is 38.3. The highest BCUT2D eigenvalue weighted by atomic mass is 16.6. The first-order valence-corrected chi connectivity index (χ1v) is 18.6. The number of ether oxygens (including phenoxy) is 5. The summed E-state index contributed by atoms with van der Waals surface area (Å²) in [7, 11) is 0. The van der Waals surface area contributed by atoms with Gasteiger partial charge in [-0.05, 0) is 54.2 Å². The van der Waals surface area contributed by atoms with E-state index < -0.39 is 99.4 Å². The summed E-state index contributed by atoms with van der Waals surface area (Å²) in [5.74, 6) is -4.64. The molecule has 5 aliphatic rings. The second-order valence-corrected chi connectivity index (χ2v) is 17.4. The van der Waals surface area contributed by atoms with Crippen LogP contribution in [0.15, 0.2) is 35.2 Å². The molecule has 1 aliphatic heterocycles. The Labute approximate surface area is 305 Å². The first kappa shape index (κ1) is 38.2. The first-order valence-electron chi connectivity index (χ1n) is 18.6. The quantitative estimate of drug-likeness (QED) is 0.139. The topological polar surface area (TPSA) is 168 Å². The molecule has 2 heterocycles. The van der Waals surface area contributed by atoms with Crippen LogP contribution in [0.4, 0.5) is 0 Å². The maximum Gasteiger partial charge on any atom is 0.348 e. The minimum Gasteiger partial charge on any atom is -0.472 e. The lowest BCUT2D eigenvalue weighted by atomic mass is 9.35. The fraction of sp³-hybridized carbons (Fsp3) is 0.725. The minimum absolute atomic E-state index is 0.0975. The Morgan fingerprint density at radius 2 is 1.73 bits per heavy atom. The van der Waals surface area contributed by atoms with Gasteiger partial charge in [0.05, 0.1) is 18.6 Å². The second kappa shape index (κ2) is 12.8. The van der Waals surface area contributed by atoms with Crippen molar-refractivity contribution in [1.29, 1.82) is 0 Å². The van der Waals surface area contributed by atoms with Crippen molar-refractivity contribution in [2.24, 2.45) is 45.3 Å². The predicted molar refractivity (Wildman–Crippen MR) is 184 cm³/mol. The van der Waals surface area contributed by atoms with Gasteiger partial charge in [-0.15, -0.1) is 0 Å². The summed E-state index contributed by atoms with van der Waals surface area (Å²) >= 11 is 0. The van der Waals surface area contributed by atoms with Gasteiger partial charge in [-0.2, -0.15) is 0 Å². The van der Waals surface area contributed by atoms with Gasteiger partial charge in [0.25, 0.3) is 6.47 Å². The van der Waals surface area contributed by atoms with Gasteiger partial charge in [0.2, 0.25) is 6.10 Å². The van der Waals surface area contributed by atoms with Gasteiger partial charge in [-0.25, -0.2) is 9.59 Å². The van der Waals surface area contributed by atoms with E-state index in [0.29, 0.717) is 19.3 Å². The monoisotopic (exact) mass is 726 g/mol. The fourth-order valence-corrected chi connectivity index (χ4v) is 11.4. The van der Waals surface area contributed by atoms with E-state index in [1.54, 1.807) is 39.4 Å². The number of aliphatic hydroxyl groups excluding tert-OH is 1. The highest BCUT2D eigenvalue weighted by Crippen LogP contribution is 2.83. The number of aliphatic hydroxyl groups is 1. The largest absolute Gasteiger partial charge is 0.472 e. The molecule has 52 heavy (non-hydrogen) atoms. The molecule has 0 bridgehead atoms. The molecule has 286 valence electrons. The van der Waals surface area contributed by atoms with Crippen LogP contribution in [-0.4, -0.2) is 77.5 Å². The zero-order valence-electron chi connectivity index (χ0n) is 31.9. The van der Waals surface area contributed by atoms with Crippen LogP contribution < -0.4 is 0 Å². The van der Waals surface area contributed by atoms with E-state index in [1.165, 1.54) is 6.92 Å². The van der Waals surface area contributed by atoms with Crippen molar-refractivity contribution in [2.75, 3.05) is 0 Å². The summed E-state index contributed by atoms with van der Waals surface area (Å²) in [6, 6.07) is 1.85. The molecule has 6 rings (SSSR count). The Bertz CT molecular complexity index is 1630. The SMILES string of the molecule is CC[C@H](C)[C@@H](OC(C)=O)C(=O)O[C@@H]1[C@H](OC=O)C2[C@@](C)([C@H](OC(=O)[C@H](O)C(C)C)C[C@H]3C(C)(C)C(=O)C=C[C@]23C)[C@@]23O[C@@H]2C[C@H](c2ccoc2)[C@]13C. The molecule has 1 aromatic rings. The molecule has 0 radical (unpaired) electrons. The number of allylic oxidation sites excluding steroid dienone is 2. The van der Waals surface area contributed by atoms with E-state index in [2.05, 4.69) is 0 Å². The molecular weight excluding hydrogens is 672 g/mol. The molecule has 0 aromatic carbocycles. The summed E-state index contributed by atoms with van der Waals surface area (Å²) < 4.78 is 37.2. The van der Waals surface area contributed by atoms with E-state index in [9.17, 15) is 29.1 Å². The third-order valence-electron chi connectivity index (χ3n) is 14.2. The number of esters is 3. The third-order valence-corrected chi connectivity index (χ3v) is 14.2. The standard InChI is InChI=1S/C40H54O12/c1-11-21(4)30(49-22(5)42)35(46)51-33-31(48-19-41)32-37(8)14-12-26(43)36(6,7)25(37)17-27(50-34(45)29(44)20(2)3)39(32,10)40-28(52-40)16-24(38(33,40)9)23-13-15-47-18-23/h12-15,18-21,24-25,27-33,44H,11,16-17H2,1-10H3/t21-,24+,25-,27+,28+,29+,30+,31+,32?,33+,37-,38+,39+,40+/m0/s1. The highest BCUT2D eigenvalue weighted by molar-refractivity contribution is 5.96. The minimum atomic E-state index is -1.41. The van der Waals surface area contributed by atoms with E-state index in [1.807, 2.05) is 53.7 Å². The highest BCUT2D eigenvalue weighted by Gasteiger charge is 2.92. The van der Waals surface area contributed by atoms with Crippen molar-refractivity contribution in [2.45, 2.75) is 137 Å². The first-order chi connectivity index (χ1) is 24.3. The number of carbonyl (C=O) groups is 5. The molecule has 1 spiro atoms. The van der Waals surface area contributed by atoms with Crippen LogP contribution in [-0.2, 0) is 47.7 Å². The van der Waals surface area contributed by atoms with Crippen molar-refractivity contribution in [1.82, 2.24) is 0 Å². The third kappa shape index (κ3) is 5.09. The fourth-order valence-electron chi connectivity index (χ4n) is 11.4. The number of hydrogen-bond acceptors (Lipinski definition) is 12. The number of carbonyl (C=O) groups excluding carboxylic acids is 5. The normalized spacial score (nSPS) is 41.3. The van der Waals surface area contributed by atoms with Gasteiger partial charge >= 0.3 is 17.9 Å². The van der Waals surface area contributed by atoms with Crippen LogP contribution in [0.5, 0.6) is 0 Å². The van der Waals surface area contributed by atoms with Crippen LogP contribution in [0.1, 0.15) is 100.0 Å². The molecule has 4 fully saturated rings. The number of fused-ring (bicyclic) bond motifs is 3. The van der Waals surface area contributed by atoms with Crippen LogP contribution >= 0.6 is 0 Å². The van der Waals surface area contributed by atoms with Gasteiger partial charge in [-0.3, -0.25) is 14.4 Å². The van der Waals surface area contributed by atoms with Crippen LogP contribution in [0.3, 0.4) is 0 Å². The number of rotatable bonds is 11. The lowest BCUT2D eigenvalue weighted by Crippen LogP contribution is -2.78. The van der Waals surface area contributed by atoms with Gasteiger partial charge in [0, 0.05) is 40.9 Å². The van der Waals surface area contributed by atoms with Crippen molar-refractivity contribution in [3.63, 3.8) is 0 Å². The average molecular weight is 727 g/mol. The van der Waals surface area contributed by atoms with Crippen molar-refractivity contribution >= 4 is 30.2 Å². The number of furan rings is 1. The summed E-state index contributed by atoms with van der Waals surface area (Å²) in [6.07, 6.45) is 1.69. The summed E-state index contributed by atoms with van der Waals surface area (Å²) in [5.41, 5.74) is -4.34. The van der Waals surface area contributed by atoms with Crippen molar-refractivity contribution in [3.8, 4) is 0 Å². The Kier molecular flexibility index (Phi) is 9.42. The molecule has 1 saturated heterocycles. The molecule has 1 unspecified atom stereocenters. The molecule has 3 saturated carbocycles. The molecular formula is C40H54O12. The smallest absolute Gasteiger partial charge is 0.348 e. The van der Waals surface area contributed by atoms with Crippen LogP contribution in [0.25, 0.3) is 0 Å². The summed E-state index contributed by atoms with van der Waals surface area (Å²) in [5, 5.41) is 10.9. The average Bonchev–Trinajstić information content (AvgIpc) is 3.43. The Morgan fingerprint density at radius 1 is 1.04 bits per heavy atom. The molecule has 12 heteroatoms. The molecule has 12 nitrogen and oxygen atoms in total. The summed E-state index contributed by atoms with van der Waals surface area (Å²) in [6.45, 7) is 18.4. The number of hydrogen-bond donors (Lipinski definition) is 1. The molecule has 0 amide bonds. The predicted octanol–water partition coefficient (Wildman–Crippen LogP) is 5.10. The Morgan fingerprint density at radius 3 is 2.31 bits per heavy atom. The molecule has 1 N–H and O–H groups in total. The molecule has 14 atom stereocenters. The Balaban J connectivity index is 1.61. The van der Waals surface area contributed by atoms with E-state index in [-0.39, 0.29) is 24.2 Å².